The van der Waals surface area contributed by atoms with Gasteiger partial charge in [-0.15, -0.1) is 0 Å². The topological polar surface area (TPSA) is 33.3 Å². The maximum absolute atomic E-state index is 5.41. The molecule has 0 bridgehead atoms. The van der Waals surface area contributed by atoms with Crippen LogP contribution in [0.5, 0.6) is 5.75 Å². The first-order valence-electron chi connectivity index (χ1n) is 8.11. The Morgan fingerprint density at radius 2 is 1.75 bits per heavy atom. The average Bonchev–Trinajstić information content (AvgIpc) is 2.54. The molecule has 0 saturated carbocycles. The Hall–Kier alpha value is -2.07. The van der Waals surface area contributed by atoms with Crippen LogP contribution in [0.25, 0.3) is 0 Å². The van der Waals surface area contributed by atoms with Gasteiger partial charge < -0.3 is 15.4 Å². The van der Waals surface area contributed by atoms with Crippen molar-refractivity contribution in [2.45, 2.75) is 39.2 Å². The molecule has 0 amide bonds. The van der Waals surface area contributed by atoms with Crippen LogP contribution >= 0.6 is 12.2 Å². The molecule has 2 aromatic carbocycles. The molecule has 0 radical (unpaired) electrons. The molecule has 2 aromatic rings. The van der Waals surface area contributed by atoms with Gasteiger partial charge in [0.05, 0.1) is 13.2 Å². The minimum Gasteiger partial charge on any atom is -0.497 e. The lowest BCUT2D eigenvalue weighted by atomic mass is 9.86. The number of rotatable bonds is 4. The fourth-order valence-corrected chi connectivity index (χ4v) is 2.71. The van der Waals surface area contributed by atoms with Crippen molar-refractivity contribution in [3.8, 4) is 5.75 Å². The minimum absolute atomic E-state index is 0.129. The molecule has 2 rings (SSSR count). The Morgan fingerprint density at radius 3 is 2.33 bits per heavy atom. The predicted molar refractivity (Wildman–Crippen MR) is 106 cm³/mol. The standard InChI is InChI=1S/C20H26N2OS/c1-14(15-9-11-16(12-10-15)20(2,3)4)21-19(24)22-17-7-6-8-18(13-17)23-5/h6-14H,1-5H3,(H2,21,22,24). The monoisotopic (exact) mass is 342 g/mol. The molecule has 24 heavy (non-hydrogen) atoms. The number of hydrogen-bond donors (Lipinski definition) is 2. The second kappa shape index (κ2) is 7.67. The molecule has 0 aliphatic rings. The zero-order valence-corrected chi connectivity index (χ0v) is 15.8. The van der Waals surface area contributed by atoms with E-state index in [1.54, 1.807) is 7.11 Å². The lowest BCUT2D eigenvalue weighted by Crippen LogP contribution is -2.30. The summed E-state index contributed by atoms with van der Waals surface area (Å²) in [5, 5.41) is 7.11. The molecule has 2 N–H and O–H groups in total. The van der Waals surface area contributed by atoms with Gasteiger partial charge in [0, 0.05) is 11.8 Å². The molecule has 0 fully saturated rings. The first kappa shape index (κ1) is 18.3. The first-order chi connectivity index (χ1) is 11.3. The van der Waals surface area contributed by atoms with Gasteiger partial charge in [-0.25, -0.2) is 0 Å². The van der Waals surface area contributed by atoms with Crippen molar-refractivity contribution in [1.82, 2.24) is 5.32 Å². The summed E-state index contributed by atoms with van der Waals surface area (Å²) in [7, 11) is 1.65. The van der Waals surface area contributed by atoms with Crippen molar-refractivity contribution in [3.05, 3.63) is 59.7 Å². The molecular formula is C20H26N2OS. The largest absolute Gasteiger partial charge is 0.497 e. The van der Waals surface area contributed by atoms with Gasteiger partial charge >= 0.3 is 0 Å². The van der Waals surface area contributed by atoms with Crippen LogP contribution in [-0.2, 0) is 5.41 Å². The van der Waals surface area contributed by atoms with Gasteiger partial charge in [-0.05, 0) is 47.8 Å². The number of thiocarbonyl (C=S) groups is 1. The van der Waals surface area contributed by atoms with E-state index in [2.05, 4.69) is 62.6 Å². The summed E-state index contributed by atoms with van der Waals surface area (Å²) in [5.41, 5.74) is 3.61. The van der Waals surface area contributed by atoms with E-state index in [1.807, 2.05) is 24.3 Å². The minimum atomic E-state index is 0.129. The van der Waals surface area contributed by atoms with Crippen LogP contribution in [0.3, 0.4) is 0 Å². The molecule has 4 heteroatoms. The molecule has 1 atom stereocenters. The van der Waals surface area contributed by atoms with E-state index in [1.165, 1.54) is 11.1 Å². The summed E-state index contributed by atoms with van der Waals surface area (Å²) >= 11 is 5.41. The normalized spacial score (nSPS) is 12.4. The highest BCUT2D eigenvalue weighted by Crippen LogP contribution is 2.24. The quantitative estimate of drug-likeness (QED) is 0.763. The van der Waals surface area contributed by atoms with E-state index in [9.17, 15) is 0 Å². The summed E-state index contributed by atoms with van der Waals surface area (Å²) in [5.74, 6) is 0.800. The molecule has 0 aliphatic carbocycles. The van der Waals surface area contributed by atoms with Gasteiger partial charge in [-0.2, -0.15) is 0 Å². The van der Waals surface area contributed by atoms with Gasteiger partial charge in [0.1, 0.15) is 5.75 Å². The smallest absolute Gasteiger partial charge is 0.171 e. The third-order valence-electron chi connectivity index (χ3n) is 3.95. The van der Waals surface area contributed by atoms with Crippen LogP contribution in [0, 0.1) is 0 Å². The predicted octanol–water partition coefficient (Wildman–Crippen LogP) is 5.04. The maximum atomic E-state index is 5.41. The van der Waals surface area contributed by atoms with Crippen LogP contribution in [0.1, 0.15) is 44.9 Å². The SMILES string of the molecule is COc1cccc(NC(=S)NC(C)c2ccc(C(C)(C)C)cc2)c1. The van der Waals surface area contributed by atoms with E-state index in [0.29, 0.717) is 5.11 Å². The lowest BCUT2D eigenvalue weighted by molar-refractivity contribution is 0.415. The van der Waals surface area contributed by atoms with E-state index < -0.39 is 0 Å². The third kappa shape index (κ3) is 4.96. The molecule has 0 aliphatic heterocycles. The van der Waals surface area contributed by atoms with Crippen molar-refractivity contribution in [2.24, 2.45) is 0 Å². The van der Waals surface area contributed by atoms with Crippen LogP contribution in [0.4, 0.5) is 5.69 Å². The van der Waals surface area contributed by atoms with Crippen molar-refractivity contribution >= 4 is 23.0 Å². The van der Waals surface area contributed by atoms with E-state index >= 15 is 0 Å². The summed E-state index contributed by atoms with van der Waals surface area (Å²) in [6, 6.07) is 16.5. The average molecular weight is 343 g/mol. The fourth-order valence-electron chi connectivity index (χ4n) is 2.42. The lowest BCUT2D eigenvalue weighted by Gasteiger charge is -2.21. The maximum Gasteiger partial charge on any atom is 0.171 e. The number of methoxy groups -OCH3 is 1. The van der Waals surface area contributed by atoms with Crippen LogP contribution < -0.4 is 15.4 Å². The van der Waals surface area contributed by atoms with Crippen molar-refractivity contribution in [3.63, 3.8) is 0 Å². The zero-order chi connectivity index (χ0) is 17.7. The molecule has 0 aromatic heterocycles. The van der Waals surface area contributed by atoms with Crippen molar-refractivity contribution in [1.29, 1.82) is 0 Å². The van der Waals surface area contributed by atoms with Crippen molar-refractivity contribution in [2.75, 3.05) is 12.4 Å². The second-order valence-electron chi connectivity index (χ2n) is 6.92. The molecule has 0 heterocycles. The molecule has 0 saturated heterocycles. The van der Waals surface area contributed by atoms with E-state index in [0.717, 1.165) is 11.4 Å². The fraction of sp³-hybridized carbons (Fsp3) is 0.350. The first-order valence-corrected chi connectivity index (χ1v) is 8.52. The molecule has 0 spiro atoms. The Bertz CT molecular complexity index is 690. The van der Waals surface area contributed by atoms with Gasteiger partial charge in [-0.3, -0.25) is 0 Å². The number of ether oxygens (including phenoxy) is 1. The Morgan fingerprint density at radius 1 is 1.08 bits per heavy atom. The third-order valence-corrected chi connectivity index (χ3v) is 4.17. The number of benzene rings is 2. The summed E-state index contributed by atoms with van der Waals surface area (Å²) in [6.07, 6.45) is 0. The molecule has 1 unspecified atom stereocenters. The molecule has 3 nitrogen and oxygen atoms in total. The number of anilines is 1. The van der Waals surface area contributed by atoms with Crippen molar-refractivity contribution < 1.29 is 4.74 Å². The van der Waals surface area contributed by atoms with E-state index in [-0.39, 0.29) is 11.5 Å². The summed E-state index contributed by atoms with van der Waals surface area (Å²) in [6.45, 7) is 8.76. The number of hydrogen-bond acceptors (Lipinski definition) is 2. The molecule has 128 valence electrons. The van der Waals surface area contributed by atoms with Crippen LogP contribution in [0.15, 0.2) is 48.5 Å². The zero-order valence-electron chi connectivity index (χ0n) is 15.0. The Labute approximate surface area is 150 Å². The Balaban J connectivity index is 1.98. The molecular weight excluding hydrogens is 316 g/mol. The van der Waals surface area contributed by atoms with Gasteiger partial charge in [0.15, 0.2) is 5.11 Å². The van der Waals surface area contributed by atoms with Gasteiger partial charge in [-0.1, -0.05) is 51.1 Å². The Kier molecular flexibility index (Phi) is 5.84. The number of nitrogens with one attached hydrogen (secondary N) is 2. The highest BCUT2D eigenvalue weighted by atomic mass is 32.1. The van der Waals surface area contributed by atoms with Gasteiger partial charge in [0.2, 0.25) is 0 Å². The second-order valence-corrected chi connectivity index (χ2v) is 7.33. The highest BCUT2D eigenvalue weighted by molar-refractivity contribution is 7.80. The van der Waals surface area contributed by atoms with Crippen LogP contribution in [-0.4, -0.2) is 12.2 Å². The summed E-state index contributed by atoms with van der Waals surface area (Å²) in [4.78, 5) is 0. The summed E-state index contributed by atoms with van der Waals surface area (Å²) < 4.78 is 5.22. The highest BCUT2D eigenvalue weighted by Gasteiger charge is 2.14. The van der Waals surface area contributed by atoms with E-state index in [4.69, 9.17) is 17.0 Å². The van der Waals surface area contributed by atoms with Gasteiger partial charge in [0.25, 0.3) is 0 Å². The van der Waals surface area contributed by atoms with Crippen LogP contribution in [0.2, 0.25) is 0 Å².